The molecule has 0 aliphatic carbocycles. The van der Waals surface area contributed by atoms with Gasteiger partial charge in [0.25, 0.3) is 0 Å². The number of fused-ring (bicyclic) bond motifs is 2. The molecular formula is C23H21N7O. The highest BCUT2D eigenvalue weighted by Crippen LogP contribution is 2.30. The normalized spacial score (nSPS) is 11.3. The highest BCUT2D eigenvalue weighted by Gasteiger charge is 2.14. The van der Waals surface area contributed by atoms with Crippen molar-refractivity contribution in [1.29, 1.82) is 0 Å². The number of carbonyl (C=O) groups is 1. The summed E-state index contributed by atoms with van der Waals surface area (Å²) < 4.78 is 0. The first-order valence-corrected chi connectivity index (χ1v) is 10.2. The topological polar surface area (TPSA) is 112 Å². The fourth-order valence-electron chi connectivity index (χ4n) is 3.57. The molecular weight excluding hydrogens is 390 g/mol. The smallest absolute Gasteiger partial charge is 0.224 e. The van der Waals surface area contributed by atoms with Gasteiger partial charge in [0.15, 0.2) is 5.82 Å². The number of aromatic amines is 2. The van der Waals surface area contributed by atoms with Gasteiger partial charge in [-0.05, 0) is 36.2 Å². The van der Waals surface area contributed by atoms with Crippen LogP contribution in [0.25, 0.3) is 44.6 Å². The van der Waals surface area contributed by atoms with Crippen molar-refractivity contribution in [2.24, 2.45) is 0 Å². The van der Waals surface area contributed by atoms with Gasteiger partial charge in [0, 0.05) is 29.8 Å². The van der Waals surface area contributed by atoms with Crippen LogP contribution < -0.4 is 5.32 Å². The largest absolute Gasteiger partial charge is 0.335 e. The first kappa shape index (κ1) is 18.9. The zero-order valence-corrected chi connectivity index (χ0v) is 17.0. The van der Waals surface area contributed by atoms with Crippen molar-refractivity contribution in [3.63, 3.8) is 0 Å². The van der Waals surface area contributed by atoms with Gasteiger partial charge < -0.3 is 10.3 Å². The summed E-state index contributed by atoms with van der Waals surface area (Å²) in [5, 5.41) is 11.4. The second-order valence-electron chi connectivity index (χ2n) is 7.42. The number of carbonyl (C=O) groups excluding carboxylic acids is 1. The Morgan fingerprint density at radius 3 is 2.84 bits per heavy atom. The lowest BCUT2D eigenvalue weighted by atomic mass is 10.0. The van der Waals surface area contributed by atoms with Gasteiger partial charge in [-0.25, -0.2) is 4.98 Å². The van der Waals surface area contributed by atoms with Crippen molar-refractivity contribution in [3.05, 3.63) is 55.1 Å². The van der Waals surface area contributed by atoms with Crippen molar-refractivity contribution in [3.8, 4) is 22.6 Å². The lowest BCUT2D eigenvalue weighted by molar-refractivity contribution is -0.116. The van der Waals surface area contributed by atoms with Gasteiger partial charge in [0.05, 0.1) is 34.6 Å². The molecule has 0 spiro atoms. The Hall–Kier alpha value is -4.07. The number of anilines is 1. The third-order valence-electron chi connectivity index (χ3n) is 5.18. The molecule has 8 heteroatoms. The number of nitrogens with zero attached hydrogens (tertiary/aromatic N) is 4. The number of rotatable bonds is 6. The van der Waals surface area contributed by atoms with Crippen molar-refractivity contribution < 1.29 is 4.79 Å². The molecule has 1 amide bonds. The molecule has 0 aliphatic heterocycles. The van der Waals surface area contributed by atoms with E-state index in [1.54, 1.807) is 24.8 Å². The SMILES string of the molecule is CCCCC(=O)Nc1cncc(-c2ccc3[nH]nc(-c4nc5ccncc5[nH]4)c3c2)c1. The monoisotopic (exact) mass is 411 g/mol. The molecule has 0 fully saturated rings. The van der Waals surface area contributed by atoms with Gasteiger partial charge in [-0.1, -0.05) is 19.4 Å². The average Bonchev–Trinajstić information content (AvgIpc) is 3.41. The van der Waals surface area contributed by atoms with E-state index in [1.807, 2.05) is 24.3 Å². The first-order chi connectivity index (χ1) is 15.2. The van der Waals surface area contributed by atoms with Gasteiger partial charge in [-0.3, -0.25) is 19.9 Å². The number of benzene rings is 1. The first-order valence-electron chi connectivity index (χ1n) is 10.2. The van der Waals surface area contributed by atoms with Crippen LogP contribution in [0, 0.1) is 0 Å². The van der Waals surface area contributed by atoms with Crippen molar-refractivity contribution in [2.45, 2.75) is 26.2 Å². The molecule has 0 aliphatic rings. The summed E-state index contributed by atoms with van der Waals surface area (Å²) in [5.74, 6) is 0.689. The molecule has 0 saturated carbocycles. The number of H-pyrrole nitrogens is 2. The van der Waals surface area contributed by atoms with Crippen LogP contribution >= 0.6 is 0 Å². The predicted octanol–water partition coefficient (Wildman–Crippen LogP) is 4.69. The van der Waals surface area contributed by atoms with E-state index in [0.717, 1.165) is 51.6 Å². The average molecular weight is 411 g/mol. The molecule has 5 aromatic rings. The highest BCUT2D eigenvalue weighted by atomic mass is 16.1. The van der Waals surface area contributed by atoms with E-state index in [1.165, 1.54) is 0 Å². The number of nitrogens with one attached hydrogen (secondary N) is 3. The van der Waals surface area contributed by atoms with Gasteiger partial charge in [-0.2, -0.15) is 5.10 Å². The molecule has 5 rings (SSSR count). The van der Waals surface area contributed by atoms with Gasteiger partial charge in [0.2, 0.25) is 5.91 Å². The molecule has 0 saturated heterocycles. The lowest BCUT2D eigenvalue weighted by Crippen LogP contribution is -2.11. The van der Waals surface area contributed by atoms with Crippen molar-refractivity contribution in [1.82, 2.24) is 30.1 Å². The fourth-order valence-corrected chi connectivity index (χ4v) is 3.57. The van der Waals surface area contributed by atoms with Crippen molar-refractivity contribution >= 4 is 33.5 Å². The van der Waals surface area contributed by atoms with E-state index in [-0.39, 0.29) is 5.91 Å². The molecule has 1 aromatic carbocycles. The lowest BCUT2D eigenvalue weighted by Gasteiger charge is -2.07. The Balaban J connectivity index is 1.49. The summed E-state index contributed by atoms with van der Waals surface area (Å²) in [4.78, 5) is 28.4. The summed E-state index contributed by atoms with van der Waals surface area (Å²) in [6.07, 6.45) is 9.29. The second-order valence-corrected chi connectivity index (χ2v) is 7.42. The standard InChI is InChI=1S/C23H21N7O/c1-2-3-4-21(31)26-16-9-15(11-25-12-16)14-5-6-18-17(10-14)22(30-29-18)23-27-19-7-8-24-13-20(19)28-23/h5-13H,2-4H2,1H3,(H,26,31)(H,27,28)(H,29,30). The van der Waals surface area contributed by atoms with Crippen LogP contribution in [-0.4, -0.2) is 36.0 Å². The Kier molecular flexibility index (Phi) is 4.87. The fraction of sp³-hybridized carbons (Fsp3) is 0.174. The zero-order chi connectivity index (χ0) is 21.2. The maximum atomic E-state index is 12.1. The quantitative estimate of drug-likeness (QED) is 0.375. The Morgan fingerprint density at radius 2 is 1.97 bits per heavy atom. The molecule has 154 valence electrons. The van der Waals surface area contributed by atoms with E-state index >= 15 is 0 Å². The van der Waals surface area contributed by atoms with Crippen LogP contribution in [0.15, 0.2) is 55.1 Å². The van der Waals surface area contributed by atoms with Crippen LogP contribution in [0.5, 0.6) is 0 Å². The Morgan fingerprint density at radius 1 is 1.03 bits per heavy atom. The number of unbranched alkanes of at least 4 members (excludes halogenated alkanes) is 1. The van der Waals surface area contributed by atoms with Gasteiger partial charge in [-0.15, -0.1) is 0 Å². The van der Waals surface area contributed by atoms with Gasteiger partial charge in [0.1, 0.15) is 5.69 Å². The predicted molar refractivity (Wildman–Crippen MR) is 120 cm³/mol. The molecule has 0 atom stereocenters. The van der Waals surface area contributed by atoms with Crippen LogP contribution in [0.4, 0.5) is 5.69 Å². The Labute approximate surface area is 178 Å². The summed E-state index contributed by atoms with van der Waals surface area (Å²) in [6.45, 7) is 2.07. The maximum absolute atomic E-state index is 12.1. The van der Waals surface area contributed by atoms with Crippen LogP contribution in [0.2, 0.25) is 0 Å². The minimum absolute atomic E-state index is 0.00717. The number of hydrogen-bond acceptors (Lipinski definition) is 5. The maximum Gasteiger partial charge on any atom is 0.224 e. The van der Waals surface area contributed by atoms with E-state index in [4.69, 9.17) is 0 Å². The minimum atomic E-state index is 0.00717. The van der Waals surface area contributed by atoms with E-state index in [0.29, 0.717) is 17.9 Å². The molecule has 4 heterocycles. The number of hydrogen-bond donors (Lipinski definition) is 3. The summed E-state index contributed by atoms with van der Waals surface area (Å²) in [6, 6.07) is 9.84. The van der Waals surface area contributed by atoms with E-state index < -0.39 is 0 Å². The third kappa shape index (κ3) is 3.75. The minimum Gasteiger partial charge on any atom is -0.335 e. The number of amides is 1. The number of aromatic nitrogens is 6. The van der Waals surface area contributed by atoms with Crippen LogP contribution in [-0.2, 0) is 4.79 Å². The summed E-state index contributed by atoms with van der Waals surface area (Å²) >= 11 is 0. The molecule has 4 aromatic heterocycles. The molecule has 8 nitrogen and oxygen atoms in total. The van der Waals surface area contributed by atoms with E-state index in [2.05, 4.69) is 48.4 Å². The van der Waals surface area contributed by atoms with Crippen LogP contribution in [0.1, 0.15) is 26.2 Å². The molecule has 3 N–H and O–H groups in total. The Bertz CT molecular complexity index is 1350. The number of pyridine rings is 2. The summed E-state index contributed by atoms with van der Waals surface area (Å²) in [7, 11) is 0. The zero-order valence-electron chi connectivity index (χ0n) is 17.0. The van der Waals surface area contributed by atoms with Crippen LogP contribution in [0.3, 0.4) is 0 Å². The highest BCUT2D eigenvalue weighted by molar-refractivity contribution is 5.96. The van der Waals surface area contributed by atoms with Crippen molar-refractivity contribution in [2.75, 3.05) is 5.32 Å². The molecule has 0 bridgehead atoms. The summed E-state index contributed by atoms with van der Waals surface area (Å²) in [5.41, 5.74) is 5.94. The second kappa shape index (κ2) is 7.98. The van der Waals surface area contributed by atoms with Gasteiger partial charge >= 0.3 is 0 Å². The number of imidazole rings is 1. The molecule has 0 unspecified atom stereocenters. The molecule has 31 heavy (non-hydrogen) atoms. The van der Waals surface area contributed by atoms with E-state index in [9.17, 15) is 4.79 Å². The third-order valence-corrected chi connectivity index (χ3v) is 5.18. The molecule has 0 radical (unpaired) electrons.